The number of ether oxygens (including phenoxy) is 2. The van der Waals surface area contributed by atoms with Crippen LogP contribution >= 0.6 is 23.2 Å². The van der Waals surface area contributed by atoms with Crippen molar-refractivity contribution in [3.8, 4) is 5.75 Å². The molecule has 0 bridgehead atoms. The third-order valence-corrected chi connectivity index (χ3v) is 4.82. The van der Waals surface area contributed by atoms with Crippen LogP contribution in [-0.4, -0.2) is 25.2 Å². The summed E-state index contributed by atoms with van der Waals surface area (Å²) in [6, 6.07) is 18.5. The molecule has 0 unspecified atom stereocenters. The van der Waals surface area contributed by atoms with Crippen molar-refractivity contribution in [3.63, 3.8) is 0 Å². The number of amides is 1. The van der Waals surface area contributed by atoms with E-state index in [1.807, 2.05) is 0 Å². The van der Waals surface area contributed by atoms with Gasteiger partial charge in [0, 0.05) is 21.2 Å². The molecule has 0 atom stereocenters. The first-order valence-electron chi connectivity index (χ1n) is 9.15. The Bertz CT molecular complexity index is 1100. The fourth-order valence-electron chi connectivity index (χ4n) is 2.56. The number of hydrogen-bond donors (Lipinski definition) is 1. The molecule has 31 heavy (non-hydrogen) atoms. The van der Waals surface area contributed by atoms with Gasteiger partial charge in [-0.15, -0.1) is 0 Å². The molecule has 0 fully saturated rings. The first kappa shape index (κ1) is 22.3. The zero-order valence-corrected chi connectivity index (χ0v) is 18.0. The second-order valence-corrected chi connectivity index (χ2v) is 7.21. The van der Waals surface area contributed by atoms with Crippen molar-refractivity contribution < 1.29 is 19.1 Å². The molecule has 0 aromatic heterocycles. The van der Waals surface area contributed by atoms with Crippen LogP contribution in [-0.2, 0) is 11.3 Å². The Morgan fingerprint density at radius 1 is 0.968 bits per heavy atom. The van der Waals surface area contributed by atoms with Gasteiger partial charge in [0.15, 0.2) is 0 Å². The lowest BCUT2D eigenvalue weighted by molar-refractivity contribution is 0.0600. The maximum absolute atomic E-state index is 12.2. The van der Waals surface area contributed by atoms with Gasteiger partial charge < -0.3 is 9.47 Å². The fraction of sp³-hybridized carbons (Fsp3) is 0.0870. The maximum atomic E-state index is 12.2. The van der Waals surface area contributed by atoms with Crippen LogP contribution in [0.5, 0.6) is 5.75 Å². The molecule has 0 aliphatic rings. The molecule has 0 spiro atoms. The summed E-state index contributed by atoms with van der Waals surface area (Å²) in [7, 11) is 1.32. The molecule has 1 amide bonds. The summed E-state index contributed by atoms with van der Waals surface area (Å²) in [4.78, 5) is 23.6. The van der Waals surface area contributed by atoms with E-state index in [1.54, 1.807) is 66.7 Å². The van der Waals surface area contributed by atoms with Crippen LogP contribution in [0.25, 0.3) is 0 Å². The summed E-state index contributed by atoms with van der Waals surface area (Å²) in [5.41, 5.74) is 4.84. The lowest BCUT2D eigenvalue weighted by Crippen LogP contribution is -2.17. The normalized spacial score (nSPS) is 10.7. The molecule has 1 N–H and O–H groups in total. The van der Waals surface area contributed by atoms with Crippen molar-refractivity contribution in [3.05, 3.63) is 99.0 Å². The van der Waals surface area contributed by atoms with E-state index in [0.29, 0.717) is 26.9 Å². The second kappa shape index (κ2) is 10.6. The van der Waals surface area contributed by atoms with E-state index in [-0.39, 0.29) is 12.5 Å². The number of nitrogens with zero attached hydrogens (tertiary/aromatic N) is 1. The first-order chi connectivity index (χ1) is 15.0. The number of carbonyl (C=O) groups is 2. The van der Waals surface area contributed by atoms with Crippen LogP contribution in [0.4, 0.5) is 0 Å². The van der Waals surface area contributed by atoms with Gasteiger partial charge in [-0.1, -0.05) is 41.4 Å². The average Bonchev–Trinajstić information content (AvgIpc) is 2.78. The number of benzene rings is 3. The molecule has 8 heteroatoms. The quantitative estimate of drug-likeness (QED) is 0.304. The van der Waals surface area contributed by atoms with Crippen molar-refractivity contribution in [1.29, 1.82) is 0 Å². The highest BCUT2D eigenvalue weighted by Crippen LogP contribution is 2.23. The summed E-state index contributed by atoms with van der Waals surface area (Å²) in [6.07, 6.45) is 1.48. The van der Waals surface area contributed by atoms with Gasteiger partial charge in [0.1, 0.15) is 12.4 Å². The third kappa shape index (κ3) is 6.31. The molecule has 0 saturated carbocycles. The molecule has 0 saturated heterocycles. The topological polar surface area (TPSA) is 77.0 Å². The Kier molecular flexibility index (Phi) is 7.65. The predicted octanol–water partition coefficient (Wildman–Crippen LogP) is 5.12. The van der Waals surface area contributed by atoms with Gasteiger partial charge in [-0.25, -0.2) is 10.2 Å². The number of methoxy groups -OCH3 is 1. The van der Waals surface area contributed by atoms with Crippen LogP contribution in [0.3, 0.4) is 0 Å². The van der Waals surface area contributed by atoms with Crippen LogP contribution in [0.1, 0.15) is 31.8 Å². The zero-order chi connectivity index (χ0) is 22.2. The van der Waals surface area contributed by atoms with E-state index in [2.05, 4.69) is 15.3 Å². The van der Waals surface area contributed by atoms with Crippen molar-refractivity contribution in [2.24, 2.45) is 5.10 Å². The minimum Gasteiger partial charge on any atom is -0.489 e. The zero-order valence-electron chi connectivity index (χ0n) is 16.5. The minimum absolute atomic E-state index is 0.278. The Hall–Kier alpha value is -3.35. The van der Waals surface area contributed by atoms with Gasteiger partial charge in [0.2, 0.25) is 0 Å². The highest BCUT2D eigenvalue weighted by molar-refractivity contribution is 6.35. The molecule has 0 radical (unpaired) electrons. The Labute approximate surface area is 189 Å². The van der Waals surface area contributed by atoms with E-state index in [0.717, 1.165) is 11.1 Å². The van der Waals surface area contributed by atoms with Gasteiger partial charge in [0.25, 0.3) is 5.91 Å². The molecule has 3 aromatic carbocycles. The lowest BCUT2D eigenvalue weighted by Gasteiger charge is -2.08. The smallest absolute Gasteiger partial charge is 0.337 e. The lowest BCUT2D eigenvalue weighted by atomic mass is 10.1. The van der Waals surface area contributed by atoms with Crippen molar-refractivity contribution in [2.45, 2.75) is 6.61 Å². The van der Waals surface area contributed by atoms with E-state index < -0.39 is 5.97 Å². The number of rotatable bonds is 7. The van der Waals surface area contributed by atoms with Crippen molar-refractivity contribution >= 4 is 41.3 Å². The number of nitrogens with one attached hydrogen (secondary N) is 1. The fourth-order valence-corrected chi connectivity index (χ4v) is 3.02. The number of hydrazone groups is 1. The summed E-state index contributed by atoms with van der Waals surface area (Å²) < 4.78 is 10.3. The molecule has 3 rings (SSSR count). The molecular formula is C23H18Cl2N2O4. The molecule has 158 valence electrons. The molecule has 3 aromatic rings. The average molecular weight is 457 g/mol. The number of halogens is 2. The molecule has 6 nitrogen and oxygen atoms in total. The maximum Gasteiger partial charge on any atom is 0.337 e. The molecule has 0 aliphatic carbocycles. The van der Waals surface area contributed by atoms with E-state index >= 15 is 0 Å². The first-order valence-corrected chi connectivity index (χ1v) is 9.90. The summed E-state index contributed by atoms with van der Waals surface area (Å²) >= 11 is 12.0. The van der Waals surface area contributed by atoms with E-state index in [9.17, 15) is 9.59 Å². The standard InChI is InChI=1S/C23H18Cl2N2O4/c1-30-23(29)17-4-2-15(3-5-17)13-26-27-22(28)16-7-10-20(11-8-16)31-14-18-6-9-19(24)12-21(18)25/h2-13H,14H2,1H3,(H,27,28)/b26-13-. The number of hydrogen-bond acceptors (Lipinski definition) is 5. The molecule has 0 aliphatic heterocycles. The van der Waals surface area contributed by atoms with Crippen molar-refractivity contribution in [2.75, 3.05) is 7.11 Å². The summed E-state index contributed by atoms with van der Waals surface area (Å²) in [6.45, 7) is 0.278. The summed E-state index contributed by atoms with van der Waals surface area (Å²) in [5.74, 6) is -0.188. The molecular weight excluding hydrogens is 439 g/mol. The largest absolute Gasteiger partial charge is 0.489 e. The summed E-state index contributed by atoms with van der Waals surface area (Å²) in [5, 5.41) is 5.02. The van der Waals surface area contributed by atoms with Crippen LogP contribution in [0.15, 0.2) is 71.8 Å². The van der Waals surface area contributed by atoms with E-state index in [4.69, 9.17) is 27.9 Å². The Morgan fingerprint density at radius 2 is 1.65 bits per heavy atom. The minimum atomic E-state index is -0.416. The van der Waals surface area contributed by atoms with Crippen molar-refractivity contribution in [1.82, 2.24) is 5.43 Å². The highest BCUT2D eigenvalue weighted by atomic mass is 35.5. The Morgan fingerprint density at radius 3 is 2.29 bits per heavy atom. The second-order valence-electron chi connectivity index (χ2n) is 6.36. The van der Waals surface area contributed by atoms with Gasteiger partial charge in [-0.2, -0.15) is 5.10 Å². The van der Waals surface area contributed by atoms with Gasteiger partial charge in [-0.05, 0) is 54.1 Å². The molecule has 0 heterocycles. The third-order valence-electron chi connectivity index (χ3n) is 4.24. The highest BCUT2D eigenvalue weighted by Gasteiger charge is 2.07. The predicted molar refractivity (Wildman–Crippen MR) is 120 cm³/mol. The monoisotopic (exact) mass is 456 g/mol. The SMILES string of the molecule is COC(=O)c1ccc(/C=N\NC(=O)c2ccc(OCc3ccc(Cl)cc3Cl)cc2)cc1. The number of carbonyl (C=O) groups excluding carboxylic acids is 2. The van der Waals surface area contributed by atoms with Gasteiger partial charge >= 0.3 is 5.97 Å². The van der Waals surface area contributed by atoms with E-state index in [1.165, 1.54) is 13.3 Å². The number of esters is 1. The van der Waals surface area contributed by atoms with Gasteiger partial charge in [0.05, 0.1) is 18.9 Å². The van der Waals surface area contributed by atoms with Crippen LogP contribution in [0.2, 0.25) is 10.0 Å². The van der Waals surface area contributed by atoms with Crippen LogP contribution in [0, 0.1) is 0 Å². The van der Waals surface area contributed by atoms with Gasteiger partial charge in [-0.3, -0.25) is 4.79 Å². The Balaban J connectivity index is 1.52. The van der Waals surface area contributed by atoms with Crippen LogP contribution < -0.4 is 10.2 Å².